The Morgan fingerprint density at radius 1 is 1.31 bits per heavy atom. The van der Waals surface area contributed by atoms with E-state index in [1.807, 2.05) is 28.9 Å². The molecule has 1 saturated heterocycles. The third kappa shape index (κ3) is 4.01. The van der Waals surface area contributed by atoms with Gasteiger partial charge < -0.3 is 15.3 Å². The van der Waals surface area contributed by atoms with Crippen LogP contribution >= 0.6 is 0 Å². The molecule has 142 valence electrons. The maximum atomic E-state index is 12.8. The number of likely N-dealkylation sites (N-methyl/N-ethyl adjacent to an activating group) is 1. The molecule has 1 aromatic carbocycles. The van der Waals surface area contributed by atoms with E-state index in [1.165, 1.54) is 11.1 Å². The van der Waals surface area contributed by atoms with E-state index in [2.05, 4.69) is 24.4 Å². The highest BCUT2D eigenvalue weighted by atomic mass is 16.4. The number of carbonyl (C=O) groups excluding carboxylic acids is 1. The summed E-state index contributed by atoms with van der Waals surface area (Å²) >= 11 is 0. The molecule has 26 heavy (non-hydrogen) atoms. The predicted molar refractivity (Wildman–Crippen MR) is 100 cm³/mol. The molecule has 6 heteroatoms. The average molecular weight is 359 g/mol. The van der Waals surface area contributed by atoms with Crippen molar-refractivity contribution < 1.29 is 14.7 Å². The Labute approximate surface area is 155 Å². The van der Waals surface area contributed by atoms with Crippen LogP contribution in [0, 0.1) is 6.92 Å². The topological polar surface area (TPSA) is 72.9 Å². The zero-order valence-corrected chi connectivity index (χ0v) is 15.6. The Morgan fingerprint density at radius 3 is 2.69 bits per heavy atom. The molecule has 1 aromatic rings. The first-order valence-corrected chi connectivity index (χ1v) is 9.58. The molecule has 0 aromatic heterocycles. The van der Waals surface area contributed by atoms with E-state index in [0.29, 0.717) is 0 Å². The second kappa shape index (κ2) is 8.08. The van der Waals surface area contributed by atoms with Crippen LogP contribution in [0.3, 0.4) is 0 Å². The summed E-state index contributed by atoms with van der Waals surface area (Å²) in [6, 6.07) is 8.86. The summed E-state index contributed by atoms with van der Waals surface area (Å²) < 4.78 is 0. The summed E-state index contributed by atoms with van der Waals surface area (Å²) in [6.07, 6.45) is 3.70. The molecule has 6 nitrogen and oxygen atoms in total. The molecule has 0 bridgehead atoms. The number of likely N-dealkylation sites (tertiary alicyclic amines) is 1. The number of benzene rings is 1. The molecule has 0 spiro atoms. The van der Waals surface area contributed by atoms with Crippen LogP contribution < -0.4 is 5.32 Å². The van der Waals surface area contributed by atoms with Gasteiger partial charge in [0.2, 0.25) is 0 Å². The normalized spacial score (nSPS) is 25.2. The van der Waals surface area contributed by atoms with Crippen LogP contribution in [-0.2, 0) is 4.79 Å². The van der Waals surface area contributed by atoms with E-state index in [-0.39, 0.29) is 30.7 Å². The van der Waals surface area contributed by atoms with Gasteiger partial charge in [-0.15, -0.1) is 0 Å². The maximum absolute atomic E-state index is 12.8. The van der Waals surface area contributed by atoms with E-state index in [9.17, 15) is 9.59 Å². The van der Waals surface area contributed by atoms with Crippen LogP contribution in [0.1, 0.15) is 49.8 Å². The Bertz CT molecular complexity index is 657. The van der Waals surface area contributed by atoms with Crippen molar-refractivity contribution in [2.75, 3.05) is 19.6 Å². The van der Waals surface area contributed by atoms with Gasteiger partial charge in [0.05, 0.1) is 12.6 Å². The average Bonchev–Trinajstić information content (AvgIpc) is 3.05. The Kier molecular flexibility index (Phi) is 5.81. The Morgan fingerprint density at radius 2 is 2.04 bits per heavy atom. The summed E-state index contributed by atoms with van der Waals surface area (Å²) in [4.78, 5) is 27.6. The Hall–Kier alpha value is -2.08. The molecule has 3 rings (SSSR count). The molecule has 1 aliphatic heterocycles. The van der Waals surface area contributed by atoms with Crippen LogP contribution in [0.4, 0.5) is 4.79 Å². The maximum Gasteiger partial charge on any atom is 0.318 e. The molecule has 1 unspecified atom stereocenters. The van der Waals surface area contributed by atoms with Crippen molar-refractivity contribution in [1.29, 1.82) is 0 Å². The smallest absolute Gasteiger partial charge is 0.318 e. The number of carboxylic acids is 1. The predicted octanol–water partition coefficient (Wildman–Crippen LogP) is 2.78. The lowest BCUT2D eigenvalue weighted by molar-refractivity contribution is -0.139. The van der Waals surface area contributed by atoms with Crippen LogP contribution in [0.15, 0.2) is 24.3 Å². The van der Waals surface area contributed by atoms with Crippen LogP contribution in [-0.4, -0.2) is 58.6 Å². The van der Waals surface area contributed by atoms with Gasteiger partial charge in [0.15, 0.2) is 0 Å². The molecule has 2 fully saturated rings. The van der Waals surface area contributed by atoms with Gasteiger partial charge in [0.1, 0.15) is 0 Å². The van der Waals surface area contributed by atoms with Gasteiger partial charge in [-0.1, -0.05) is 31.2 Å². The van der Waals surface area contributed by atoms with Crippen molar-refractivity contribution in [3.63, 3.8) is 0 Å². The van der Waals surface area contributed by atoms with Gasteiger partial charge in [-0.2, -0.15) is 0 Å². The molecule has 1 atom stereocenters. The molecule has 2 N–H and O–H groups in total. The summed E-state index contributed by atoms with van der Waals surface area (Å²) in [5, 5.41) is 12.1. The van der Waals surface area contributed by atoms with Crippen molar-refractivity contribution >= 4 is 12.0 Å². The fourth-order valence-electron chi connectivity index (χ4n) is 4.23. The first kappa shape index (κ1) is 18.7. The number of carboxylic acid groups (broad SMARTS) is 1. The second-order valence-corrected chi connectivity index (χ2v) is 7.44. The van der Waals surface area contributed by atoms with Gasteiger partial charge in [-0.05, 0) is 50.3 Å². The molecule has 1 heterocycles. The highest BCUT2D eigenvalue weighted by Gasteiger charge is 2.37. The van der Waals surface area contributed by atoms with Crippen molar-refractivity contribution in [3.05, 3.63) is 35.4 Å². The first-order valence-electron chi connectivity index (χ1n) is 9.58. The zero-order chi connectivity index (χ0) is 18.7. The quantitative estimate of drug-likeness (QED) is 0.819. The standard InChI is InChI=1S/C20H29N3O3/c1-3-22(13-19(24)25)16-11-15(12-16)21-20(26)23-10-6-9-18(23)17-8-5-4-7-14(17)2/h4-5,7-8,15-16,18H,3,6,9-13H2,1-2H3,(H,21,26)(H,24,25). The van der Waals surface area contributed by atoms with E-state index < -0.39 is 5.97 Å². The van der Waals surface area contributed by atoms with Gasteiger partial charge in [-0.3, -0.25) is 9.69 Å². The lowest BCUT2D eigenvalue weighted by Gasteiger charge is -2.43. The first-order chi connectivity index (χ1) is 12.5. The number of aliphatic carboxylic acids is 1. The summed E-state index contributed by atoms with van der Waals surface area (Å²) in [7, 11) is 0. The van der Waals surface area contributed by atoms with Crippen LogP contribution in [0.5, 0.6) is 0 Å². The molecular formula is C20H29N3O3. The van der Waals surface area contributed by atoms with Crippen molar-refractivity contribution in [1.82, 2.24) is 15.1 Å². The van der Waals surface area contributed by atoms with Gasteiger partial charge in [0, 0.05) is 18.6 Å². The number of hydrogen-bond donors (Lipinski definition) is 2. The minimum Gasteiger partial charge on any atom is -0.480 e. The number of carbonyl (C=O) groups is 2. The van der Waals surface area contributed by atoms with E-state index in [1.54, 1.807) is 0 Å². The van der Waals surface area contributed by atoms with E-state index in [4.69, 9.17) is 5.11 Å². The largest absolute Gasteiger partial charge is 0.480 e. The fourth-order valence-corrected chi connectivity index (χ4v) is 4.23. The van der Waals surface area contributed by atoms with E-state index >= 15 is 0 Å². The van der Waals surface area contributed by atoms with Crippen LogP contribution in [0.25, 0.3) is 0 Å². The molecule has 2 amide bonds. The second-order valence-electron chi connectivity index (χ2n) is 7.44. The fraction of sp³-hybridized carbons (Fsp3) is 0.600. The number of amides is 2. The van der Waals surface area contributed by atoms with Crippen molar-refractivity contribution in [2.24, 2.45) is 0 Å². The number of nitrogens with one attached hydrogen (secondary N) is 1. The number of nitrogens with zero attached hydrogens (tertiary/aromatic N) is 2. The third-order valence-electron chi connectivity index (χ3n) is 5.76. The molecule has 0 radical (unpaired) electrons. The zero-order valence-electron chi connectivity index (χ0n) is 15.6. The Balaban J connectivity index is 1.54. The van der Waals surface area contributed by atoms with Crippen LogP contribution in [0.2, 0.25) is 0 Å². The number of hydrogen-bond acceptors (Lipinski definition) is 3. The minimum atomic E-state index is -0.794. The lowest BCUT2D eigenvalue weighted by Crippen LogP contribution is -2.56. The SMILES string of the molecule is CCN(CC(=O)O)C1CC(NC(=O)N2CCCC2c2ccccc2C)C1. The monoisotopic (exact) mass is 359 g/mol. The third-order valence-corrected chi connectivity index (χ3v) is 5.76. The van der Waals surface area contributed by atoms with Gasteiger partial charge in [0.25, 0.3) is 0 Å². The van der Waals surface area contributed by atoms with Crippen molar-refractivity contribution in [3.8, 4) is 0 Å². The number of rotatable bonds is 6. The highest BCUT2D eigenvalue weighted by molar-refractivity contribution is 5.75. The molecular weight excluding hydrogens is 330 g/mol. The van der Waals surface area contributed by atoms with Gasteiger partial charge in [-0.25, -0.2) is 4.79 Å². The summed E-state index contributed by atoms with van der Waals surface area (Å²) in [6.45, 7) is 5.66. The summed E-state index contributed by atoms with van der Waals surface area (Å²) in [5.74, 6) is -0.794. The molecule has 1 aliphatic carbocycles. The molecule has 1 saturated carbocycles. The minimum absolute atomic E-state index is 0.0143. The lowest BCUT2D eigenvalue weighted by atomic mass is 9.85. The number of aryl methyl sites for hydroxylation is 1. The highest BCUT2D eigenvalue weighted by Crippen LogP contribution is 2.34. The molecule has 2 aliphatic rings. The van der Waals surface area contributed by atoms with Crippen molar-refractivity contribution in [2.45, 2.75) is 57.7 Å². The van der Waals surface area contributed by atoms with E-state index in [0.717, 1.165) is 38.8 Å². The summed E-state index contributed by atoms with van der Waals surface area (Å²) in [5.41, 5.74) is 2.47. The number of urea groups is 1. The van der Waals surface area contributed by atoms with Gasteiger partial charge >= 0.3 is 12.0 Å².